The van der Waals surface area contributed by atoms with Crippen molar-refractivity contribution >= 4 is 33.4 Å². The molecule has 7 heteroatoms. The van der Waals surface area contributed by atoms with Crippen molar-refractivity contribution in [2.24, 2.45) is 17.8 Å². The molecule has 0 atom stereocenters. The van der Waals surface area contributed by atoms with E-state index in [0.29, 0.717) is 11.1 Å². The zero-order valence-corrected chi connectivity index (χ0v) is 20.9. The highest BCUT2D eigenvalue weighted by atomic mass is 32.2. The van der Waals surface area contributed by atoms with E-state index in [0.717, 1.165) is 27.0 Å². The Balaban J connectivity index is 1.22. The van der Waals surface area contributed by atoms with Crippen LogP contribution in [0.25, 0.3) is 0 Å². The van der Waals surface area contributed by atoms with Crippen LogP contribution in [0.3, 0.4) is 0 Å². The molecule has 4 aliphatic carbocycles. The molecule has 0 unspecified atom stereocenters. The summed E-state index contributed by atoms with van der Waals surface area (Å²) in [6.07, 6.45) is 10.1. The Bertz CT molecular complexity index is 1090. The zero-order chi connectivity index (χ0) is 23.2. The summed E-state index contributed by atoms with van der Waals surface area (Å²) in [5.41, 5.74) is 2.45. The van der Waals surface area contributed by atoms with E-state index in [1.165, 1.54) is 51.1 Å². The van der Waals surface area contributed by atoms with E-state index >= 15 is 0 Å². The smallest absolute Gasteiger partial charge is 0.243 e. The number of benzene rings is 2. The minimum atomic E-state index is -3.72. The Kier molecular flexibility index (Phi) is 6.08. The van der Waals surface area contributed by atoms with E-state index in [-0.39, 0.29) is 17.3 Å². The molecule has 0 heterocycles. The van der Waals surface area contributed by atoms with Gasteiger partial charge >= 0.3 is 0 Å². The Morgan fingerprint density at radius 2 is 1.52 bits per heavy atom. The minimum absolute atomic E-state index is 0.190. The molecule has 4 aliphatic rings. The molecular formula is C26H32N2O3S2. The minimum Gasteiger partial charge on any atom is -0.325 e. The summed E-state index contributed by atoms with van der Waals surface area (Å²) in [7, 11) is -2.28. The lowest BCUT2D eigenvalue weighted by Crippen LogP contribution is -2.48. The molecule has 5 nitrogen and oxygen atoms in total. The van der Waals surface area contributed by atoms with E-state index < -0.39 is 10.0 Å². The number of hydrogen-bond acceptors (Lipinski definition) is 4. The highest BCUT2D eigenvalue weighted by molar-refractivity contribution is 7.98. The van der Waals surface area contributed by atoms with Crippen LogP contribution in [0.4, 0.5) is 5.69 Å². The van der Waals surface area contributed by atoms with Gasteiger partial charge in [-0.25, -0.2) is 8.42 Å². The first-order chi connectivity index (χ1) is 15.8. The van der Waals surface area contributed by atoms with Crippen molar-refractivity contribution in [3.63, 3.8) is 0 Å². The molecule has 4 saturated carbocycles. The van der Waals surface area contributed by atoms with Crippen molar-refractivity contribution in [1.29, 1.82) is 0 Å². The maximum absolute atomic E-state index is 12.8. The first-order valence-corrected chi connectivity index (χ1v) is 14.4. The van der Waals surface area contributed by atoms with Crippen molar-refractivity contribution in [3.05, 3.63) is 54.1 Å². The predicted molar refractivity (Wildman–Crippen MR) is 133 cm³/mol. The fourth-order valence-electron chi connectivity index (χ4n) is 6.79. The Hall–Kier alpha value is -1.83. The van der Waals surface area contributed by atoms with Crippen molar-refractivity contribution in [1.82, 2.24) is 4.31 Å². The van der Waals surface area contributed by atoms with Crippen LogP contribution in [0, 0.1) is 17.8 Å². The quantitative estimate of drug-likeness (QED) is 0.553. The summed E-state index contributed by atoms with van der Waals surface area (Å²) >= 11 is 1.55. The van der Waals surface area contributed by atoms with Crippen LogP contribution in [0.5, 0.6) is 0 Å². The van der Waals surface area contributed by atoms with Crippen molar-refractivity contribution in [2.45, 2.75) is 53.7 Å². The number of hydrogen-bond donors (Lipinski definition) is 1. The second-order valence-corrected chi connectivity index (χ2v) is 13.2. The van der Waals surface area contributed by atoms with Gasteiger partial charge in [0.15, 0.2) is 0 Å². The lowest BCUT2D eigenvalue weighted by molar-refractivity contribution is -0.116. The van der Waals surface area contributed by atoms with E-state index in [4.69, 9.17) is 0 Å². The topological polar surface area (TPSA) is 66.5 Å². The molecule has 4 bridgehead atoms. The Morgan fingerprint density at radius 3 is 2.03 bits per heavy atom. The molecule has 6 rings (SSSR count). The molecule has 1 N–H and O–H groups in total. The van der Waals surface area contributed by atoms with E-state index in [2.05, 4.69) is 17.4 Å². The third kappa shape index (κ3) is 4.47. The van der Waals surface area contributed by atoms with Crippen LogP contribution in [-0.4, -0.2) is 38.5 Å². The molecule has 1 amide bonds. The van der Waals surface area contributed by atoms with Gasteiger partial charge in [-0.1, -0.05) is 12.1 Å². The molecule has 2 aromatic rings. The molecule has 4 fully saturated rings. The van der Waals surface area contributed by atoms with Crippen molar-refractivity contribution < 1.29 is 13.2 Å². The van der Waals surface area contributed by atoms with E-state index in [9.17, 15) is 13.2 Å². The number of carbonyl (C=O) groups excluding carboxylic acids is 1. The monoisotopic (exact) mass is 484 g/mol. The van der Waals surface area contributed by atoms with Gasteiger partial charge in [0.2, 0.25) is 15.9 Å². The summed E-state index contributed by atoms with van der Waals surface area (Å²) in [5.74, 6) is 2.34. The lowest BCUT2D eigenvalue weighted by Gasteiger charge is -2.57. The van der Waals surface area contributed by atoms with E-state index in [1.54, 1.807) is 36.0 Å². The van der Waals surface area contributed by atoms with Crippen LogP contribution in [-0.2, 0) is 20.2 Å². The number of sulfonamides is 1. The average molecular weight is 485 g/mol. The molecular weight excluding hydrogens is 452 g/mol. The summed E-state index contributed by atoms with van der Waals surface area (Å²) < 4.78 is 26.7. The summed E-state index contributed by atoms with van der Waals surface area (Å²) in [5, 5.41) is 2.87. The molecule has 0 aliphatic heterocycles. The second kappa shape index (κ2) is 8.75. The Labute approximate surface area is 201 Å². The zero-order valence-electron chi connectivity index (χ0n) is 19.3. The van der Waals surface area contributed by atoms with Crippen LogP contribution >= 0.6 is 11.8 Å². The van der Waals surface area contributed by atoms with Gasteiger partial charge in [-0.05, 0) is 110 Å². The highest BCUT2D eigenvalue weighted by Crippen LogP contribution is 2.60. The standard InChI is InChI=1S/C26H32N2O3S2/c1-28(33(30,31)24-9-7-23(32-2)8-10-24)17-25(29)27-22-5-3-21(4-6-22)26-14-18-11-19(15-26)13-20(12-18)16-26/h3-10,18-20H,11-17H2,1-2H3,(H,27,29). The third-order valence-corrected chi connectivity index (χ3v) is 10.5. The number of rotatable bonds is 7. The molecule has 2 aromatic carbocycles. The number of likely N-dealkylation sites (N-methyl/N-ethyl adjacent to an activating group) is 1. The molecule has 33 heavy (non-hydrogen) atoms. The molecule has 0 spiro atoms. The SMILES string of the molecule is CSc1ccc(S(=O)(=O)N(C)CC(=O)Nc2ccc(C34CC5CC(CC(C5)C3)C4)cc2)cc1. The highest BCUT2D eigenvalue weighted by Gasteiger charge is 2.51. The van der Waals surface area contributed by atoms with Gasteiger partial charge < -0.3 is 5.32 Å². The molecule has 0 aromatic heterocycles. The average Bonchev–Trinajstić information content (AvgIpc) is 2.78. The van der Waals surface area contributed by atoms with Gasteiger partial charge in [0.25, 0.3) is 0 Å². The van der Waals surface area contributed by atoms with Crippen molar-refractivity contribution in [2.75, 3.05) is 25.2 Å². The second-order valence-electron chi connectivity index (χ2n) is 10.3. The fourth-order valence-corrected chi connectivity index (χ4v) is 8.32. The van der Waals surface area contributed by atoms with Crippen LogP contribution in [0.15, 0.2) is 58.3 Å². The van der Waals surface area contributed by atoms with E-state index in [1.807, 2.05) is 18.4 Å². The number of carbonyl (C=O) groups is 1. The number of nitrogens with one attached hydrogen (secondary N) is 1. The number of nitrogens with zero attached hydrogens (tertiary/aromatic N) is 1. The number of anilines is 1. The maximum Gasteiger partial charge on any atom is 0.243 e. The van der Waals surface area contributed by atoms with Crippen LogP contribution in [0.2, 0.25) is 0 Å². The molecule has 0 radical (unpaired) electrons. The van der Waals surface area contributed by atoms with Gasteiger partial charge in [0.1, 0.15) is 0 Å². The predicted octanol–water partition coefficient (Wildman–Crippen LogP) is 5.14. The lowest BCUT2D eigenvalue weighted by atomic mass is 9.48. The third-order valence-electron chi connectivity index (χ3n) is 7.95. The van der Waals surface area contributed by atoms with Gasteiger partial charge in [-0.3, -0.25) is 4.79 Å². The summed E-state index contributed by atoms with van der Waals surface area (Å²) in [6.45, 7) is -0.233. The number of thioether (sulfide) groups is 1. The van der Waals surface area contributed by atoms with Crippen molar-refractivity contribution in [3.8, 4) is 0 Å². The Morgan fingerprint density at radius 1 is 0.970 bits per heavy atom. The summed E-state index contributed by atoms with van der Waals surface area (Å²) in [6, 6.07) is 15.0. The van der Waals surface area contributed by atoms with Crippen LogP contribution < -0.4 is 5.32 Å². The van der Waals surface area contributed by atoms with Crippen LogP contribution in [0.1, 0.15) is 44.1 Å². The maximum atomic E-state index is 12.8. The summed E-state index contributed by atoms with van der Waals surface area (Å²) in [4.78, 5) is 13.8. The molecule has 176 valence electrons. The largest absolute Gasteiger partial charge is 0.325 e. The fraction of sp³-hybridized carbons (Fsp3) is 0.500. The first kappa shape index (κ1) is 22.9. The van der Waals surface area contributed by atoms with Gasteiger partial charge in [0.05, 0.1) is 11.4 Å². The molecule has 0 saturated heterocycles. The van der Waals surface area contributed by atoms with Gasteiger partial charge in [-0.2, -0.15) is 4.31 Å². The first-order valence-electron chi connectivity index (χ1n) is 11.8. The van der Waals surface area contributed by atoms with Gasteiger partial charge in [0, 0.05) is 17.6 Å². The number of amides is 1. The van der Waals surface area contributed by atoms with Gasteiger partial charge in [-0.15, -0.1) is 11.8 Å². The normalized spacial score (nSPS) is 28.3.